The van der Waals surface area contributed by atoms with E-state index < -0.39 is 126 Å². The molecule has 1 aromatic heterocycles. The van der Waals surface area contributed by atoms with Crippen LogP contribution in [0.4, 0.5) is 15.3 Å². The summed E-state index contributed by atoms with van der Waals surface area (Å²) in [5, 5.41) is 19.7. The zero-order chi connectivity index (χ0) is 76.7. The minimum atomic E-state index is -1.18. The van der Waals surface area contributed by atoms with Crippen molar-refractivity contribution in [3.63, 3.8) is 0 Å². The Hall–Kier alpha value is -8.16. The van der Waals surface area contributed by atoms with Gasteiger partial charge in [-0.15, -0.1) is 11.3 Å². The molecular formula is C74H115N13O16S. The number of carbonyl (C=O) groups excluding carboxylic acids is 11. The van der Waals surface area contributed by atoms with Gasteiger partial charge in [-0.1, -0.05) is 111 Å². The van der Waals surface area contributed by atoms with Gasteiger partial charge in [0.1, 0.15) is 42.1 Å². The molecule has 578 valence electrons. The highest BCUT2D eigenvalue weighted by molar-refractivity contribution is 7.09. The second-order valence-corrected chi connectivity index (χ2v) is 29.0. The van der Waals surface area contributed by atoms with E-state index in [0.29, 0.717) is 69.5 Å². The number of amides is 11. The molecular weight excluding hydrogens is 1360 g/mol. The van der Waals surface area contributed by atoms with E-state index in [-0.39, 0.29) is 101 Å². The van der Waals surface area contributed by atoms with Crippen molar-refractivity contribution < 1.29 is 76.4 Å². The Kier molecular flexibility index (Phi) is 36.6. The lowest BCUT2D eigenvalue weighted by Crippen LogP contribution is -2.60. The molecule has 13 atom stereocenters. The van der Waals surface area contributed by atoms with Gasteiger partial charge in [-0.05, 0) is 85.5 Å². The van der Waals surface area contributed by atoms with Crippen LogP contribution < -0.4 is 43.4 Å². The third kappa shape index (κ3) is 26.2. The minimum Gasteiger partial charge on any atom is -0.445 e. The monoisotopic (exact) mass is 1470 g/mol. The van der Waals surface area contributed by atoms with Gasteiger partial charge in [-0.25, -0.2) is 14.6 Å². The SMILES string of the molecule is CC[C@H](C)[C@@H]([C@@H](CC(=O)N1CCC[C@H]1[C@H](OC)[C@@H](C)C(=O)N[C@@H](Cc1ccccc1)c1nccs1)OC)N(C)C(=O)[C@@H](NC(=O)[C@H](C(C)C)N(C)C(=O)OCc1ccc(NC(=O)[C@H](CCCNC(N)=O)NC(=O)[C@@H](NC(=O)[C@@H]2C[C@@H](C=O)CN(C(=O)CCOCCOCCN)C2)C(C)C)cc1)C(C)C. The lowest BCUT2D eigenvalue weighted by atomic mass is 9.88. The standard InChI is InChI=1S/C74H115N13O16S/c1-14-48(8)64(58(99-12)40-60(90)87-32-19-23-57(87)65(100-13)49(9)66(91)81-56(71-77-31-37-104-71)39-50-20-16-15-17-21-50)84(10)72(96)62(46(4)5)83-70(95)63(47(6)7)85(11)74(98)103-44-51-24-26-54(27-25-51)79-68(93)55(22-18-30-78-73(76)97)80-69(94)61(45(2)3)82-67(92)53-38-52(43-88)41-86(42-53)59(89)28-33-101-35-36-102-34-29-75/h15-17,20-21,24-27,31,37,43,45-49,52-53,55-58,61-65H,14,18-19,22-23,28-30,32-36,38-42,44,75H2,1-13H3,(H,79,93)(H,80,94)(H,81,91)(H,82,92)(H,83,95)(H3,76,78,97)/t48-,49+,52+,53+,55-,56-,57-,58+,61-,62-,63-,64-,65+/m0/s1. The number of nitrogens with zero attached hydrogens (tertiary/aromatic N) is 5. The van der Waals surface area contributed by atoms with Crippen LogP contribution in [-0.4, -0.2) is 226 Å². The first kappa shape index (κ1) is 86.5. The molecule has 0 bridgehead atoms. The van der Waals surface area contributed by atoms with Gasteiger partial charge in [0.05, 0.1) is 81.4 Å². The van der Waals surface area contributed by atoms with Crippen molar-refractivity contribution in [2.45, 2.75) is 181 Å². The van der Waals surface area contributed by atoms with Crippen molar-refractivity contribution in [1.29, 1.82) is 0 Å². The maximum atomic E-state index is 14.9. The number of anilines is 1. The Morgan fingerprint density at radius 2 is 1.43 bits per heavy atom. The Morgan fingerprint density at radius 3 is 2.03 bits per heavy atom. The number of benzene rings is 2. The number of carbonyl (C=O) groups is 11. The molecule has 5 rings (SSSR count). The molecule has 30 heteroatoms. The number of hydrogen-bond acceptors (Lipinski definition) is 19. The molecule has 0 unspecified atom stereocenters. The molecule has 2 aliphatic heterocycles. The second-order valence-electron chi connectivity index (χ2n) is 28.1. The highest BCUT2D eigenvalue weighted by Gasteiger charge is 2.45. The topological polar surface area (TPSA) is 384 Å². The van der Waals surface area contributed by atoms with Crippen molar-refractivity contribution in [1.82, 2.24) is 51.2 Å². The van der Waals surface area contributed by atoms with Crippen LogP contribution in [0.2, 0.25) is 0 Å². The Morgan fingerprint density at radius 1 is 0.750 bits per heavy atom. The minimum absolute atomic E-state index is 0.0143. The number of hydrogen-bond donors (Lipinski definition) is 8. The summed E-state index contributed by atoms with van der Waals surface area (Å²) in [6.45, 7) is 18.2. The fraction of sp³-hybridized carbons (Fsp3) is 0.649. The molecule has 0 aliphatic carbocycles. The average molecular weight is 1470 g/mol. The van der Waals surface area contributed by atoms with Crippen LogP contribution in [-0.2, 0) is 79.9 Å². The second kappa shape index (κ2) is 44.0. The van der Waals surface area contributed by atoms with Crippen molar-refractivity contribution >= 4 is 82.7 Å². The molecule has 10 N–H and O–H groups in total. The lowest BCUT2D eigenvalue weighted by Gasteiger charge is -2.41. The Bertz CT molecular complexity index is 3220. The van der Waals surface area contributed by atoms with Crippen LogP contribution in [0.3, 0.4) is 0 Å². The number of thiazole rings is 1. The van der Waals surface area contributed by atoms with Crippen LogP contribution in [0.5, 0.6) is 0 Å². The molecule has 0 radical (unpaired) electrons. The molecule has 2 aliphatic rings. The predicted molar refractivity (Wildman–Crippen MR) is 393 cm³/mol. The smallest absolute Gasteiger partial charge is 0.410 e. The molecule has 3 heterocycles. The molecule has 2 fully saturated rings. The maximum Gasteiger partial charge on any atom is 0.410 e. The van der Waals surface area contributed by atoms with E-state index in [1.165, 1.54) is 35.3 Å². The van der Waals surface area contributed by atoms with Crippen LogP contribution in [0.25, 0.3) is 0 Å². The molecule has 104 heavy (non-hydrogen) atoms. The van der Waals surface area contributed by atoms with Crippen molar-refractivity contribution in [2.75, 3.05) is 92.8 Å². The first-order valence-corrected chi connectivity index (χ1v) is 37.1. The number of aromatic nitrogens is 1. The molecule has 11 amide bonds. The third-order valence-electron chi connectivity index (χ3n) is 19.4. The van der Waals surface area contributed by atoms with Crippen molar-refractivity contribution in [3.05, 3.63) is 82.3 Å². The van der Waals surface area contributed by atoms with Gasteiger partial charge in [0.15, 0.2) is 0 Å². The lowest BCUT2D eigenvalue weighted by molar-refractivity contribution is -0.148. The van der Waals surface area contributed by atoms with Gasteiger partial charge in [-0.3, -0.25) is 43.3 Å². The first-order valence-electron chi connectivity index (χ1n) is 36.3. The summed E-state index contributed by atoms with van der Waals surface area (Å²) in [5.41, 5.74) is 12.6. The molecule has 29 nitrogen and oxygen atoms in total. The first-order chi connectivity index (χ1) is 49.6. The maximum absolute atomic E-state index is 14.9. The summed E-state index contributed by atoms with van der Waals surface area (Å²) in [7, 11) is 6.15. The number of nitrogens with one attached hydrogen (secondary N) is 6. The van der Waals surface area contributed by atoms with E-state index in [1.54, 1.807) is 96.0 Å². The van der Waals surface area contributed by atoms with Crippen LogP contribution >= 0.6 is 11.3 Å². The molecule has 2 saturated heterocycles. The Balaban J connectivity index is 1.19. The van der Waals surface area contributed by atoms with E-state index in [1.807, 2.05) is 56.5 Å². The number of ether oxygens (including phenoxy) is 5. The van der Waals surface area contributed by atoms with Gasteiger partial charge >= 0.3 is 12.1 Å². The number of likely N-dealkylation sites (tertiary alicyclic amines) is 2. The molecule has 0 spiro atoms. The van der Waals surface area contributed by atoms with Gasteiger partial charge in [0.2, 0.25) is 47.3 Å². The van der Waals surface area contributed by atoms with Gasteiger partial charge in [0.25, 0.3) is 0 Å². The van der Waals surface area contributed by atoms with Crippen LogP contribution in [0.15, 0.2) is 66.2 Å². The zero-order valence-corrected chi connectivity index (χ0v) is 63.7. The van der Waals surface area contributed by atoms with Crippen LogP contribution in [0.1, 0.15) is 136 Å². The summed E-state index contributed by atoms with van der Waals surface area (Å²) < 4.78 is 28.7. The number of primary amides is 1. The number of rotatable bonds is 43. The fourth-order valence-corrected chi connectivity index (χ4v) is 14.1. The number of nitrogens with two attached hydrogens (primary N) is 2. The van der Waals surface area contributed by atoms with Crippen molar-refractivity contribution in [3.8, 4) is 0 Å². The van der Waals surface area contributed by atoms with E-state index in [9.17, 15) is 52.7 Å². The summed E-state index contributed by atoms with van der Waals surface area (Å²) >= 11 is 1.47. The molecule has 0 saturated carbocycles. The van der Waals surface area contributed by atoms with Crippen LogP contribution in [0, 0.1) is 41.4 Å². The molecule has 2 aromatic carbocycles. The molecule has 3 aromatic rings. The van der Waals surface area contributed by atoms with E-state index >= 15 is 0 Å². The summed E-state index contributed by atoms with van der Waals surface area (Å²) in [4.78, 5) is 161. The normalized spacial score (nSPS) is 18.1. The number of likely N-dealkylation sites (N-methyl/N-ethyl adjacent to an activating group) is 2. The third-order valence-corrected chi connectivity index (χ3v) is 20.3. The summed E-state index contributed by atoms with van der Waals surface area (Å²) in [6.07, 6.45) is 2.98. The zero-order valence-electron chi connectivity index (χ0n) is 62.9. The Labute approximate surface area is 616 Å². The quantitative estimate of drug-likeness (QED) is 0.0274. The predicted octanol–water partition coefficient (Wildman–Crippen LogP) is 4.96. The fourth-order valence-electron chi connectivity index (χ4n) is 13.4. The number of aldehydes is 1. The summed E-state index contributed by atoms with van der Waals surface area (Å²) in [6, 6.07) is 9.54. The highest BCUT2D eigenvalue weighted by Crippen LogP contribution is 2.32. The summed E-state index contributed by atoms with van der Waals surface area (Å²) in [5.74, 6) is -7.24. The van der Waals surface area contributed by atoms with E-state index in [4.69, 9.17) is 35.2 Å². The number of methoxy groups -OCH3 is 2. The highest BCUT2D eigenvalue weighted by atomic mass is 32.1. The van der Waals surface area contributed by atoms with Gasteiger partial charge in [-0.2, -0.15) is 0 Å². The van der Waals surface area contributed by atoms with Gasteiger partial charge < -0.3 is 86.5 Å². The van der Waals surface area contributed by atoms with E-state index in [0.717, 1.165) is 10.6 Å². The van der Waals surface area contributed by atoms with Gasteiger partial charge in [0, 0.05) is 84.2 Å². The number of piperidine rings is 1. The number of urea groups is 1. The van der Waals surface area contributed by atoms with Crippen molar-refractivity contribution in [2.24, 2.45) is 52.9 Å². The average Bonchev–Trinajstić information content (AvgIpc) is 1.80. The largest absolute Gasteiger partial charge is 0.445 e. The van der Waals surface area contributed by atoms with E-state index in [2.05, 4.69) is 36.9 Å².